The van der Waals surface area contributed by atoms with Gasteiger partial charge < -0.3 is 0 Å². The van der Waals surface area contributed by atoms with Crippen LogP contribution in [0.1, 0.15) is 58.3 Å². The standard InChI is InChI=1S/C16H27F/c1-2-3-13-4-8-15(9-5-13)16-10-6-14(12-17)7-11-16/h2-3,13-16H,4-12H2,1H3/b3-2+. The Morgan fingerprint density at radius 1 is 0.882 bits per heavy atom. The van der Waals surface area contributed by atoms with Gasteiger partial charge in [-0.1, -0.05) is 12.2 Å². The van der Waals surface area contributed by atoms with Gasteiger partial charge in [0.2, 0.25) is 0 Å². The molecule has 0 N–H and O–H groups in total. The summed E-state index contributed by atoms with van der Waals surface area (Å²) in [5, 5.41) is 0. The summed E-state index contributed by atoms with van der Waals surface area (Å²) in [6, 6.07) is 0. The van der Waals surface area contributed by atoms with Crippen molar-refractivity contribution in [3.05, 3.63) is 12.2 Å². The second-order valence-electron chi connectivity index (χ2n) is 6.14. The van der Waals surface area contributed by atoms with Crippen LogP contribution >= 0.6 is 0 Å². The number of alkyl halides is 1. The smallest absolute Gasteiger partial charge is 0.0922 e. The lowest BCUT2D eigenvalue weighted by Gasteiger charge is -2.36. The topological polar surface area (TPSA) is 0 Å². The average molecular weight is 238 g/mol. The maximum atomic E-state index is 12.6. The third-order valence-corrected chi connectivity index (χ3v) is 5.06. The maximum absolute atomic E-state index is 12.6. The lowest BCUT2D eigenvalue weighted by atomic mass is 9.69. The molecule has 0 aromatic heterocycles. The van der Waals surface area contributed by atoms with E-state index in [9.17, 15) is 4.39 Å². The SMILES string of the molecule is C/C=C/C1CCC(C2CCC(CF)CC2)CC1. The molecule has 0 aliphatic heterocycles. The van der Waals surface area contributed by atoms with E-state index < -0.39 is 0 Å². The lowest BCUT2D eigenvalue weighted by Crippen LogP contribution is -2.25. The zero-order chi connectivity index (χ0) is 12.1. The van der Waals surface area contributed by atoms with E-state index in [0.29, 0.717) is 5.92 Å². The zero-order valence-electron chi connectivity index (χ0n) is 11.2. The molecule has 2 rings (SSSR count). The van der Waals surface area contributed by atoms with Gasteiger partial charge >= 0.3 is 0 Å². The van der Waals surface area contributed by atoms with Crippen molar-refractivity contribution in [2.45, 2.75) is 58.3 Å². The van der Waals surface area contributed by atoms with Crippen LogP contribution in [-0.4, -0.2) is 6.67 Å². The Morgan fingerprint density at radius 2 is 1.41 bits per heavy atom. The molecule has 2 saturated carbocycles. The van der Waals surface area contributed by atoms with Crippen molar-refractivity contribution in [2.75, 3.05) is 6.67 Å². The summed E-state index contributed by atoms with van der Waals surface area (Å²) in [5.74, 6) is 3.12. The summed E-state index contributed by atoms with van der Waals surface area (Å²) in [6.45, 7) is 2.05. The van der Waals surface area contributed by atoms with Gasteiger partial charge in [0.05, 0.1) is 6.67 Å². The molecule has 0 heterocycles. The van der Waals surface area contributed by atoms with Crippen LogP contribution in [0.15, 0.2) is 12.2 Å². The molecule has 0 unspecified atom stereocenters. The third kappa shape index (κ3) is 3.56. The highest BCUT2D eigenvalue weighted by atomic mass is 19.1. The zero-order valence-corrected chi connectivity index (χ0v) is 11.2. The van der Waals surface area contributed by atoms with Gasteiger partial charge in [-0.3, -0.25) is 4.39 Å². The fourth-order valence-electron chi connectivity index (χ4n) is 3.89. The summed E-state index contributed by atoms with van der Waals surface area (Å²) in [5.41, 5.74) is 0. The van der Waals surface area contributed by atoms with Crippen LogP contribution in [0, 0.1) is 23.7 Å². The minimum absolute atomic E-state index is 0.0826. The van der Waals surface area contributed by atoms with Crippen LogP contribution in [0.4, 0.5) is 4.39 Å². The van der Waals surface area contributed by atoms with Crippen LogP contribution < -0.4 is 0 Å². The van der Waals surface area contributed by atoms with Crippen molar-refractivity contribution in [2.24, 2.45) is 23.7 Å². The molecular formula is C16H27F. The van der Waals surface area contributed by atoms with Crippen LogP contribution in [0.3, 0.4) is 0 Å². The predicted octanol–water partition coefficient (Wildman–Crippen LogP) is 5.14. The molecule has 0 atom stereocenters. The first kappa shape index (κ1) is 13.1. The van der Waals surface area contributed by atoms with E-state index in [1.165, 1.54) is 38.5 Å². The van der Waals surface area contributed by atoms with Crippen molar-refractivity contribution < 1.29 is 4.39 Å². The number of hydrogen-bond donors (Lipinski definition) is 0. The Morgan fingerprint density at radius 3 is 1.88 bits per heavy atom. The molecule has 0 aromatic rings. The highest BCUT2D eigenvalue weighted by Gasteiger charge is 2.30. The molecule has 98 valence electrons. The molecule has 0 amide bonds. The Bertz CT molecular complexity index is 230. The quantitative estimate of drug-likeness (QED) is 0.597. The Hall–Kier alpha value is -0.330. The summed E-state index contributed by atoms with van der Waals surface area (Å²) in [6.07, 6.45) is 15.1. The van der Waals surface area contributed by atoms with Crippen LogP contribution in [0.5, 0.6) is 0 Å². The molecule has 2 aliphatic rings. The van der Waals surface area contributed by atoms with E-state index in [-0.39, 0.29) is 6.67 Å². The largest absolute Gasteiger partial charge is 0.251 e. The van der Waals surface area contributed by atoms with Gasteiger partial charge in [-0.15, -0.1) is 0 Å². The first-order chi connectivity index (χ1) is 8.33. The van der Waals surface area contributed by atoms with Crippen molar-refractivity contribution in [3.8, 4) is 0 Å². The van der Waals surface area contributed by atoms with Gasteiger partial charge in [-0.25, -0.2) is 0 Å². The number of hydrogen-bond acceptors (Lipinski definition) is 0. The summed E-state index contributed by atoms with van der Waals surface area (Å²) in [7, 11) is 0. The number of rotatable bonds is 3. The van der Waals surface area contributed by atoms with Crippen molar-refractivity contribution in [3.63, 3.8) is 0 Å². The lowest BCUT2D eigenvalue weighted by molar-refractivity contribution is 0.144. The fraction of sp³-hybridized carbons (Fsp3) is 0.875. The molecule has 2 fully saturated rings. The Labute approximate surface area is 106 Å². The van der Waals surface area contributed by atoms with Crippen molar-refractivity contribution in [1.29, 1.82) is 0 Å². The molecule has 0 spiro atoms. The molecule has 0 bridgehead atoms. The first-order valence-corrected chi connectivity index (χ1v) is 7.52. The highest BCUT2D eigenvalue weighted by Crippen LogP contribution is 2.41. The van der Waals surface area contributed by atoms with Gasteiger partial charge in [0.25, 0.3) is 0 Å². The van der Waals surface area contributed by atoms with Gasteiger partial charge in [0.1, 0.15) is 0 Å². The van der Waals surface area contributed by atoms with Crippen LogP contribution in [-0.2, 0) is 0 Å². The molecule has 0 saturated heterocycles. The van der Waals surface area contributed by atoms with Gasteiger partial charge in [0.15, 0.2) is 0 Å². The summed E-state index contributed by atoms with van der Waals surface area (Å²) >= 11 is 0. The molecular weight excluding hydrogens is 211 g/mol. The van der Waals surface area contributed by atoms with Crippen LogP contribution in [0.25, 0.3) is 0 Å². The van der Waals surface area contributed by atoms with Crippen LogP contribution in [0.2, 0.25) is 0 Å². The van der Waals surface area contributed by atoms with Gasteiger partial charge in [-0.05, 0) is 82.0 Å². The van der Waals surface area contributed by atoms with E-state index in [1.54, 1.807) is 0 Å². The second-order valence-corrected chi connectivity index (χ2v) is 6.14. The summed E-state index contributed by atoms with van der Waals surface area (Å²) in [4.78, 5) is 0. The average Bonchev–Trinajstić information content (AvgIpc) is 2.40. The molecule has 0 radical (unpaired) electrons. The van der Waals surface area contributed by atoms with E-state index in [2.05, 4.69) is 19.1 Å². The minimum Gasteiger partial charge on any atom is -0.251 e. The predicted molar refractivity (Wildman–Crippen MR) is 71.7 cm³/mol. The van der Waals surface area contributed by atoms with E-state index >= 15 is 0 Å². The van der Waals surface area contributed by atoms with E-state index in [4.69, 9.17) is 0 Å². The second kappa shape index (κ2) is 6.56. The minimum atomic E-state index is -0.0826. The van der Waals surface area contributed by atoms with E-state index in [0.717, 1.165) is 30.6 Å². The van der Waals surface area contributed by atoms with Gasteiger partial charge in [-0.2, -0.15) is 0 Å². The molecule has 0 aromatic carbocycles. The van der Waals surface area contributed by atoms with Crippen molar-refractivity contribution in [1.82, 2.24) is 0 Å². The first-order valence-electron chi connectivity index (χ1n) is 7.52. The number of allylic oxidation sites excluding steroid dienone is 2. The normalized spacial score (nSPS) is 39.6. The molecule has 1 heteroatoms. The Kier molecular flexibility index (Phi) is 5.06. The molecule has 2 aliphatic carbocycles. The fourth-order valence-corrected chi connectivity index (χ4v) is 3.89. The number of halogens is 1. The highest BCUT2D eigenvalue weighted by molar-refractivity contribution is 4.90. The van der Waals surface area contributed by atoms with Crippen molar-refractivity contribution >= 4 is 0 Å². The maximum Gasteiger partial charge on any atom is 0.0922 e. The third-order valence-electron chi connectivity index (χ3n) is 5.06. The molecule has 0 nitrogen and oxygen atoms in total. The summed E-state index contributed by atoms with van der Waals surface area (Å²) < 4.78 is 12.6. The monoisotopic (exact) mass is 238 g/mol. The van der Waals surface area contributed by atoms with E-state index in [1.807, 2.05) is 0 Å². The molecule has 17 heavy (non-hydrogen) atoms. The van der Waals surface area contributed by atoms with Gasteiger partial charge in [0, 0.05) is 0 Å². The Balaban J connectivity index is 1.74.